The van der Waals surface area contributed by atoms with Gasteiger partial charge in [0.2, 0.25) is 0 Å². The van der Waals surface area contributed by atoms with E-state index >= 15 is 0 Å². The van der Waals surface area contributed by atoms with E-state index in [4.69, 9.17) is 9.84 Å². The third-order valence-electron chi connectivity index (χ3n) is 3.77. The predicted molar refractivity (Wildman–Crippen MR) is 75.7 cm³/mol. The molecule has 0 unspecified atom stereocenters. The first-order valence-electron chi connectivity index (χ1n) is 7.03. The summed E-state index contributed by atoms with van der Waals surface area (Å²) in [6.07, 6.45) is 0.920. The molecule has 0 amide bonds. The molecule has 2 aromatic rings. The number of halogens is 1. The van der Waals surface area contributed by atoms with Gasteiger partial charge in [-0.1, -0.05) is 6.08 Å². The van der Waals surface area contributed by atoms with Crippen LogP contribution in [0.25, 0.3) is 11.2 Å². The number of hydrogen-bond donors (Lipinski definition) is 2. The number of aromatic nitrogens is 4. The Labute approximate surface area is 126 Å². The van der Waals surface area contributed by atoms with E-state index in [0.29, 0.717) is 17.6 Å². The zero-order chi connectivity index (χ0) is 15.7. The van der Waals surface area contributed by atoms with Gasteiger partial charge < -0.3 is 14.9 Å². The average Bonchev–Trinajstić information content (AvgIpc) is 3.08. The van der Waals surface area contributed by atoms with E-state index in [2.05, 4.69) is 21.5 Å². The molecule has 0 bridgehead atoms. The molecule has 1 saturated heterocycles. The van der Waals surface area contributed by atoms with E-state index in [0.717, 1.165) is 12.1 Å². The van der Waals surface area contributed by atoms with Crippen LogP contribution in [0.4, 0.5) is 4.39 Å². The molecule has 1 fully saturated rings. The van der Waals surface area contributed by atoms with Gasteiger partial charge in [0.1, 0.15) is 24.1 Å². The molecule has 0 aromatic carbocycles. The first-order valence-corrected chi connectivity index (χ1v) is 7.03. The molecule has 1 aliphatic heterocycles. The Morgan fingerprint density at radius 3 is 2.91 bits per heavy atom. The molecule has 0 aliphatic carbocycles. The van der Waals surface area contributed by atoms with Crippen molar-refractivity contribution in [1.82, 2.24) is 19.5 Å². The van der Waals surface area contributed by atoms with Crippen molar-refractivity contribution in [3.05, 3.63) is 31.0 Å². The third kappa shape index (κ3) is 2.39. The van der Waals surface area contributed by atoms with E-state index in [1.807, 2.05) is 0 Å². The zero-order valence-corrected chi connectivity index (χ0v) is 11.8. The Morgan fingerprint density at radius 2 is 2.23 bits per heavy atom. The lowest BCUT2D eigenvalue weighted by Gasteiger charge is -2.15. The molecule has 3 rings (SSSR count). The Bertz CT molecular complexity index is 677. The van der Waals surface area contributed by atoms with E-state index in [-0.39, 0.29) is 0 Å². The highest BCUT2D eigenvalue weighted by atomic mass is 19.1. The van der Waals surface area contributed by atoms with E-state index < -0.39 is 31.2 Å². The summed E-state index contributed by atoms with van der Waals surface area (Å²) in [4.78, 5) is 12.6. The van der Waals surface area contributed by atoms with Gasteiger partial charge in [0.15, 0.2) is 18.0 Å². The lowest BCUT2D eigenvalue weighted by molar-refractivity contribution is -0.0459. The molecule has 8 heteroatoms. The van der Waals surface area contributed by atoms with Crippen LogP contribution in [0.2, 0.25) is 0 Å². The molecule has 0 saturated carbocycles. The number of aryl methyl sites for hydroxylation is 1. The van der Waals surface area contributed by atoms with Crippen molar-refractivity contribution in [1.29, 1.82) is 0 Å². The normalized spacial score (nSPS) is 28.3. The molecule has 0 radical (unpaired) electrons. The minimum absolute atomic E-state index is 0.438. The lowest BCUT2D eigenvalue weighted by Crippen LogP contribution is -2.30. The number of fused-ring (bicyclic) bond motifs is 1. The molecule has 7 nitrogen and oxygen atoms in total. The van der Waals surface area contributed by atoms with Crippen molar-refractivity contribution >= 4 is 11.2 Å². The van der Waals surface area contributed by atoms with Crippen molar-refractivity contribution in [2.45, 2.75) is 37.4 Å². The van der Waals surface area contributed by atoms with Crippen molar-refractivity contribution in [3.63, 3.8) is 0 Å². The maximum absolute atomic E-state index is 14.2. The molecule has 2 N–H and O–H groups in total. The van der Waals surface area contributed by atoms with Crippen LogP contribution in [-0.4, -0.2) is 54.7 Å². The summed E-state index contributed by atoms with van der Waals surface area (Å²) < 4.78 is 21.0. The van der Waals surface area contributed by atoms with E-state index in [1.165, 1.54) is 17.2 Å². The fraction of sp³-hybridized carbons (Fsp3) is 0.500. The number of ether oxygens (including phenoxy) is 1. The maximum atomic E-state index is 14.2. The first-order chi connectivity index (χ1) is 10.7. The molecular weight excluding hydrogens is 291 g/mol. The number of imidazole rings is 1. The fourth-order valence-electron chi connectivity index (χ4n) is 2.59. The summed E-state index contributed by atoms with van der Waals surface area (Å²) in [6, 6.07) is 0. The van der Waals surface area contributed by atoms with Gasteiger partial charge >= 0.3 is 0 Å². The van der Waals surface area contributed by atoms with Crippen LogP contribution in [0, 0.1) is 0 Å². The smallest absolute Gasteiger partial charge is 0.173 e. The molecule has 1 aliphatic rings. The van der Waals surface area contributed by atoms with Crippen molar-refractivity contribution < 1.29 is 19.3 Å². The number of hydrogen-bond acceptors (Lipinski definition) is 6. The standard InChI is InChI=1S/C14H17FN4O3/c1-2-3-4-8-11-13(17-6-16-8)19(7-18-11)14-10(15)12(21)9(5-20)22-14/h2,6-7,9-10,12,14,20-21H,1,3-5H2/t9-,10-,12-,14-/m1/s1. The Morgan fingerprint density at radius 1 is 1.41 bits per heavy atom. The topological polar surface area (TPSA) is 93.3 Å². The molecule has 4 atom stereocenters. The highest BCUT2D eigenvalue weighted by Crippen LogP contribution is 2.33. The van der Waals surface area contributed by atoms with Gasteiger partial charge in [-0.3, -0.25) is 4.57 Å². The number of aliphatic hydroxyl groups excluding tert-OH is 2. The predicted octanol–water partition coefficient (Wildman–Crippen LogP) is 0.534. The molecule has 2 aromatic heterocycles. The maximum Gasteiger partial charge on any atom is 0.173 e. The second-order valence-corrected chi connectivity index (χ2v) is 5.15. The third-order valence-corrected chi connectivity index (χ3v) is 3.77. The molecule has 0 spiro atoms. The van der Waals surface area contributed by atoms with Crippen LogP contribution in [0.3, 0.4) is 0 Å². The molecular formula is C14H17FN4O3. The molecule has 118 valence electrons. The summed E-state index contributed by atoms with van der Waals surface area (Å²) in [5.41, 5.74) is 1.76. The SMILES string of the molecule is C=CCCc1ncnc2c1ncn2[C@@H]1O[C@H](CO)[C@@H](O)[C@H]1F. The van der Waals surface area contributed by atoms with Gasteiger partial charge in [0.05, 0.1) is 18.6 Å². The van der Waals surface area contributed by atoms with Crippen LogP contribution in [-0.2, 0) is 11.2 Å². The zero-order valence-electron chi connectivity index (χ0n) is 11.8. The number of allylic oxidation sites excluding steroid dienone is 1. The minimum Gasteiger partial charge on any atom is -0.394 e. The largest absolute Gasteiger partial charge is 0.394 e. The van der Waals surface area contributed by atoms with Gasteiger partial charge in [0.25, 0.3) is 0 Å². The minimum atomic E-state index is -1.67. The summed E-state index contributed by atoms with van der Waals surface area (Å²) in [7, 11) is 0. The van der Waals surface area contributed by atoms with Crippen LogP contribution in [0.15, 0.2) is 25.3 Å². The summed E-state index contributed by atoms with van der Waals surface area (Å²) in [5.74, 6) is 0. The van der Waals surface area contributed by atoms with E-state index in [1.54, 1.807) is 6.08 Å². The fourth-order valence-corrected chi connectivity index (χ4v) is 2.59. The summed E-state index contributed by atoms with van der Waals surface area (Å²) >= 11 is 0. The van der Waals surface area contributed by atoms with Crippen molar-refractivity contribution in [2.75, 3.05) is 6.61 Å². The number of rotatable bonds is 5. The summed E-state index contributed by atoms with van der Waals surface area (Å²) in [6.45, 7) is 3.22. The van der Waals surface area contributed by atoms with Crippen LogP contribution >= 0.6 is 0 Å². The number of alkyl halides is 1. The van der Waals surface area contributed by atoms with Crippen LogP contribution < -0.4 is 0 Å². The van der Waals surface area contributed by atoms with Crippen molar-refractivity contribution in [3.8, 4) is 0 Å². The second-order valence-electron chi connectivity index (χ2n) is 5.15. The summed E-state index contributed by atoms with van der Waals surface area (Å²) in [5, 5.41) is 18.8. The highest BCUT2D eigenvalue weighted by Gasteiger charge is 2.45. The Kier molecular flexibility index (Phi) is 4.14. The first kappa shape index (κ1) is 15.0. The average molecular weight is 308 g/mol. The quantitative estimate of drug-likeness (QED) is 0.783. The van der Waals surface area contributed by atoms with Gasteiger partial charge in [-0.15, -0.1) is 6.58 Å². The Balaban J connectivity index is 1.97. The van der Waals surface area contributed by atoms with Gasteiger partial charge in [-0.2, -0.15) is 0 Å². The van der Waals surface area contributed by atoms with Crippen molar-refractivity contribution in [2.24, 2.45) is 0 Å². The molecule has 3 heterocycles. The highest BCUT2D eigenvalue weighted by molar-refractivity contribution is 5.73. The lowest BCUT2D eigenvalue weighted by atomic mass is 10.1. The van der Waals surface area contributed by atoms with E-state index in [9.17, 15) is 9.50 Å². The Hall–Kier alpha value is -1.90. The number of aliphatic hydroxyl groups is 2. The van der Waals surface area contributed by atoms with Gasteiger partial charge in [-0.25, -0.2) is 19.3 Å². The monoisotopic (exact) mass is 308 g/mol. The van der Waals surface area contributed by atoms with Gasteiger partial charge in [0, 0.05) is 0 Å². The number of nitrogens with zero attached hydrogens (tertiary/aromatic N) is 4. The van der Waals surface area contributed by atoms with Crippen LogP contribution in [0.5, 0.6) is 0 Å². The van der Waals surface area contributed by atoms with Gasteiger partial charge in [-0.05, 0) is 12.8 Å². The second kappa shape index (κ2) is 6.07. The molecule has 22 heavy (non-hydrogen) atoms. The van der Waals surface area contributed by atoms with Crippen LogP contribution in [0.1, 0.15) is 18.3 Å².